The van der Waals surface area contributed by atoms with Gasteiger partial charge in [0, 0.05) is 39.2 Å². The van der Waals surface area contributed by atoms with Gasteiger partial charge in [-0.25, -0.2) is 0 Å². The fraction of sp³-hybridized carbons (Fsp3) is 0.619. The Balaban J connectivity index is 0.00000784. The van der Waals surface area contributed by atoms with Crippen molar-refractivity contribution < 1.29 is 19.0 Å². The molecule has 0 amide bonds. The second kappa shape index (κ2) is 17.3. The number of hydrogen-bond donors (Lipinski definition) is 2. The Labute approximate surface area is 192 Å². The number of unbranched alkanes of at least 4 members (excludes halogenated alkanes) is 3. The molecule has 1 rings (SSSR count). The minimum absolute atomic E-state index is 0. The third-order valence-corrected chi connectivity index (χ3v) is 4.27. The molecule has 0 aliphatic heterocycles. The van der Waals surface area contributed by atoms with E-state index in [4.69, 9.17) is 9.47 Å². The van der Waals surface area contributed by atoms with Crippen LogP contribution in [-0.2, 0) is 20.8 Å². The third kappa shape index (κ3) is 12.6. The summed E-state index contributed by atoms with van der Waals surface area (Å²) in [5, 5.41) is 6.65. The van der Waals surface area contributed by atoms with E-state index in [9.17, 15) is 4.79 Å². The summed E-state index contributed by atoms with van der Waals surface area (Å²) in [5.41, 5.74) is 2.23. The summed E-state index contributed by atoms with van der Waals surface area (Å²) >= 11 is 0. The van der Waals surface area contributed by atoms with Crippen molar-refractivity contribution in [3.8, 4) is 5.75 Å². The van der Waals surface area contributed by atoms with Crippen molar-refractivity contribution in [2.24, 2.45) is 4.99 Å². The zero-order valence-electron chi connectivity index (χ0n) is 18.1. The fourth-order valence-corrected chi connectivity index (χ4v) is 2.63. The van der Waals surface area contributed by atoms with Crippen LogP contribution in [-0.4, -0.2) is 53.0 Å². The van der Waals surface area contributed by atoms with Crippen LogP contribution in [0.2, 0.25) is 0 Å². The van der Waals surface area contributed by atoms with Crippen LogP contribution >= 0.6 is 24.0 Å². The lowest BCUT2D eigenvalue weighted by molar-refractivity contribution is -0.140. The van der Waals surface area contributed by atoms with E-state index < -0.39 is 0 Å². The molecule has 0 aliphatic rings. The number of guanidine groups is 1. The van der Waals surface area contributed by atoms with E-state index in [0.29, 0.717) is 26.2 Å². The van der Waals surface area contributed by atoms with Crippen LogP contribution in [0.15, 0.2) is 23.2 Å². The lowest BCUT2D eigenvalue weighted by Gasteiger charge is -2.15. The van der Waals surface area contributed by atoms with Crippen molar-refractivity contribution >= 4 is 35.9 Å². The third-order valence-electron chi connectivity index (χ3n) is 4.27. The van der Waals surface area contributed by atoms with Gasteiger partial charge in [-0.15, -0.1) is 24.0 Å². The van der Waals surface area contributed by atoms with Gasteiger partial charge >= 0.3 is 5.97 Å². The minimum atomic E-state index is -0.135. The fourth-order valence-electron chi connectivity index (χ4n) is 2.63. The van der Waals surface area contributed by atoms with Crippen LogP contribution in [0.4, 0.5) is 0 Å². The van der Waals surface area contributed by atoms with Gasteiger partial charge in [-0.1, -0.05) is 25.0 Å². The van der Waals surface area contributed by atoms with Gasteiger partial charge in [0.2, 0.25) is 0 Å². The van der Waals surface area contributed by atoms with E-state index >= 15 is 0 Å². The van der Waals surface area contributed by atoms with Gasteiger partial charge in [0.1, 0.15) is 12.4 Å². The lowest BCUT2D eigenvalue weighted by atomic mass is 10.1. The highest BCUT2D eigenvalue weighted by Gasteiger charge is 2.06. The SMILES string of the molecule is CN=C(NCCCCCCC(=O)OC)NCc1ccc(C)cc1OCCOC.I. The maximum atomic E-state index is 11.1. The van der Waals surface area contributed by atoms with Crippen molar-refractivity contribution in [1.29, 1.82) is 0 Å². The molecule has 0 saturated carbocycles. The summed E-state index contributed by atoms with van der Waals surface area (Å²) < 4.78 is 15.5. The number of rotatable bonds is 13. The molecule has 8 heteroatoms. The molecule has 0 fully saturated rings. The summed E-state index contributed by atoms with van der Waals surface area (Å²) in [6.45, 7) is 4.59. The largest absolute Gasteiger partial charge is 0.491 e. The van der Waals surface area contributed by atoms with Gasteiger partial charge in [0.25, 0.3) is 0 Å². The molecule has 1 aromatic carbocycles. The number of halogens is 1. The van der Waals surface area contributed by atoms with E-state index in [-0.39, 0.29) is 29.9 Å². The predicted molar refractivity (Wildman–Crippen MR) is 127 cm³/mol. The average Bonchev–Trinajstić information content (AvgIpc) is 2.70. The first-order valence-corrected chi connectivity index (χ1v) is 9.83. The van der Waals surface area contributed by atoms with E-state index in [0.717, 1.165) is 55.1 Å². The summed E-state index contributed by atoms with van der Waals surface area (Å²) in [6.07, 6.45) is 4.49. The number of benzene rings is 1. The summed E-state index contributed by atoms with van der Waals surface area (Å²) in [6, 6.07) is 6.18. The van der Waals surface area contributed by atoms with Crippen molar-refractivity contribution in [1.82, 2.24) is 10.6 Å². The van der Waals surface area contributed by atoms with Gasteiger partial charge in [0.15, 0.2) is 5.96 Å². The molecular formula is C21H36IN3O4. The standard InChI is InChI=1S/C21H35N3O4.HI/c1-17-10-11-18(19(15-17)28-14-13-26-3)16-24-21(22-2)23-12-8-6-5-7-9-20(25)27-4;/h10-11,15H,5-9,12-14,16H2,1-4H3,(H2,22,23,24);1H. The molecule has 0 aromatic heterocycles. The van der Waals surface area contributed by atoms with Crippen molar-refractivity contribution in [2.45, 2.75) is 45.6 Å². The number of hydrogen-bond acceptors (Lipinski definition) is 5. The maximum Gasteiger partial charge on any atom is 0.305 e. The molecule has 0 atom stereocenters. The second-order valence-corrected chi connectivity index (χ2v) is 6.55. The lowest BCUT2D eigenvalue weighted by Crippen LogP contribution is -2.37. The normalized spacial score (nSPS) is 10.8. The quantitative estimate of drug-likeness (QED) is 0.136. The number of aliphatic imine (C=N–C) groups is 1. The molecule has 29 heavy (non-hydrogen) atoms. The van der Waals surface area contributed by atoms with Crippen LogP contribution in [0.3, 0.4) is 0 Å². The first kappa shape index (κ1) is 27.5. The molecule has 0 saturated heterocycles. The highest BCUT2D eigenvalue weighted by molar-refractivity contribution is 14.0. The van der Waals surface area contributed by atoms with E-state index in [1.54, 1.807) is 14.2 Å². The highest BCUT2D eigenvalue weighted by atomic mass is 127. The maximum absolute atomic E-state index is 11.1. The number of methoxy groups -OCH3 is 2. The zero-order valence-corrected chi connectivity index (χ0v) is 20.4. The first-order chi connectivity index (χ1) is 13.6. The number of nitrogens with one attached hydrogen (secondary N) is 2. The number of aryl methyl sites for hydroxylation is 1. The van der Waals surface area contributed by atoms with Crippen LogP contribution < -0.4 is 15.4 Å². The highest BCUT2D eigenvalue weighted by Crippen LogP contribution is 2.20. The number of carbonyl (C=O) groups is 1. The van der Waals surface area contributed by atoms with Gasteiger partial charge in [-0.2, -0.15) is 0 Å². The first-order valence-electron chi connectivity index (χ1n) is 9.83. The Morgan fingerprint density at radius 3 is 2.52 bits per heavy atom. The molecule has 0 radical (unpaired) electrons. The molecule has 0 aliphatic carbocycles. The van der Waals surface area contributed by atoms with Crippen molar-refractivity contribution in [3.63, 3.8) is 0 Å². The molecule has 0 spiro atoms. The van der Waals surface area contributed by atoms with Crippen LogP contribution in [0.1, 0.15) is 43.2 Å². The molecule has 0 heterocycles. The summed E-state index contributed by atoms with van der Waals surface area (Å²) in [4.78, 5) is 15.3. The Bertz CT molecular complexity index is 612. The van der Waals surface area contributed by atoms with E-state index in [1.165, 1.54) is 7.11 Å². The molecule has 0 bridgehead atoms. The van der Waals surface area contributed by atoms with Crippen molar-refractivity contribution in [3.05, 3.63) is 29.3 Å². The minimum Gasteiger partial charge on any atom is -0.491 e. The number of nitrogens with zero attached hydrogens (tertiary/aromatic N) is 1. The molecule has 1 aromatic rings. The van der Waals surface area contributed by atoms with Crippen LogP contribution in [0.5, 0.6) is 5.75 Å². The summed E-state index contributed by atoms with van der Waals surface area (Å²) in [7, 11) is 4.85. The predicted octanol–water partition coefficient (Wildman–Crippen LogP) is 3.43. The zero-order chi connectivity index (χ0) is 20.6. The second-order valence-electron chi connectivity index (χ2n) is 6.55. The van der Waals surface area contributed by atoms with E-state index in [2.05, 4.69) is 32.5 Å². The number of ether oxygens (including phenoxy) is 3. The number of carbonyl (C=O) groups excluding carboxylic acids is 1. The monoisotopic (exact) mass is 521 g/mol. The van der Waals surface area contributed by atoms with Gasteiger partial charge in [-0.3, -0.25) is 9.79 Å². The van der Waals surface area contributed by atoms with Gasteiger partial charge in [0.05, 0.1) is 13.7 Å². The van der Waals surface area contributed by atoms with Gasteiger partial charge < -0.3 is 24.8 Å². The molecule has 2 N–H and O–H groups in total. The van der Waals surface area contributed by atoms with Gasteiger partial charge in [-0.05, 0) is 31.4 Å². The Kier molecular flexibility index (Phi) is 16.4. The Morgan fingerprint density at radius 2 is 1.83 bits per heavy atom. The Hall–Kier alpha value is -1.55. The van der Waals surface area contributed by atoms with Crippen LogP contribution in [0.25, 0.3) is 0 Å². The van der Waals surface area contributed by atoms with Crippen LogP contribution in [0, 0.1) is 6.92 Å². The number of esters is 1. The molecule has 166 valence electrons. The summed E-state index contributed by atoms with van der Waals surface area (Å²) in [5.74, 6) is 1.49. The molecular weight excluding hydrogens is 485 g/mol. The topological polar surface area (TPSA) is 81.2 Å². The molecule has 7 nitrogen and oxygen atoms in total. The Morgan fingerprint density at radius 1 is 1.07 bits per heavy atom. The average molecular weight is 521 g/mol. The molecule has 0 unspecified atom stereocenters. The van der Waals surface area contributed by atoms with Crippen molar-refractivity contribution in [2.75, 3.05) is 41.0 Å². The smallest absolute Gasteiger partial charge is 0.305 e. The van der Waals surface area contributed by atoms with E-state index in [1.807, 2.05) is 13.0 Å².